The second-order valence-electron chi connectivity index (χ2n) is 5.71. The van der Waals surface area contributed by atoms with Crippen molar-refractivity contribution in [3.8, 4) is 17.2 Å². The molecule has 3 aromatic rings. The molecule has 0 bridgehead atoms. The quantitative estimate of drug-likeness (QED) is 0.473. The van der Waals surface area contributed by atoms with Crippen molar-refractivity contribution in [3.63, 3.8) is 0 Å². The molecule has 0 atom stereocenters. The molecule has 0 unspecified atom stereocenters. The van der Waals surface area contributed by atoms with Crippen molar-refractivity contribution in [1.82, 2.24) is 10.6 Å². The molecule has 26 heavy (non-hydrogen) atoms. The number of aromatic nitrogens is 2. The van der Waals surface area contributed by atoms with E-state index in [1.807, 2.05) is 48.5 Å². The van der Waals surface area contributed by atoms with E-state index in [0.717, 1.165) is 17.7 Å². The van der Waals surface area contributed by atoms with Crippen LogP contribution in [0.15, 0.2) is 57.8 Å². The third-order valence-electron chi connectivity index (χ3n) is 4.08. The molecule has 0 fully saturated rings. The topological polar surface area (TPSA) is 80.4 Å². The Kier molecular flexibility index (Phi) is 5.70. The number of H-pyrrole nitrogens is 1. The molecule has 1 heterocycles. The van der Waals surface area contributed by atoms with Gasteiger partial charge in [-0.3, -0.25) is 4.52 Å². The van der Waals surface area contributed by atoms with Gasteiger partial charge in [-0.2, -0.15) is 0 Å². The van der Waals surface area contributed by atoms with E-state index >= 15 is 0 Å². The molecule has 2 N–H and O–H groups in total. The first-order valence-electron chi connectivity index (χ1n) is 8.32. The van der Waals surface area contributed by atoms with Crippen LogP contribution in [-0.4, -0.2) is 26.0 Å². The summed E-state index contributed by atoms with van der Waals surface area (Å²) in [7, 11) is 3.23. The molecule has 0 spiro atoms. The van der Waals surface area contributed by atoms with Gasteiger partial charge in [0.2, 0.25) is 5.69 Å². The minimum atomic E-state index is -0.382. The van der Waals surface area contributed by atoms with Gasteiger partial charge in [0, 0.05) is 12.1 Å². The lowest BCUT2D eigenvalue weighted by Crippen LogP contribution is -2.41. The minimum absolute atomic E-state index is 0.382. The van der Waals surface area contributed by atoms with Crippen LogP contribution in [0, 0.1) is 0 Å². The van der Waals surface area contributed by atoms with Crippen LogP contribution in [0.5, 0.6) is 11.5 Å². The summed E-state index contributed by atoms with van der Waals surface area (Å²) >= 11 is 0. The average Bonchev–Trinajstić information content (AvgIpc) is 3.06. The van der Waals surface area contributed by atoms with Gasteiger partial charge < -0.3 is 14.8 Å². The molecule has 0 aliphatic heterocycles. The molecular formula is C19H22N3O4+. The van der Waals surface area contributed by atoms with Crippen molar-refractivity contribution in [2.45, 2.75) is 13.0 Å². The first kappa shape index (κ1) is 17.8. The summed E-state index contributed by atoms with van der Waals surface area (Å²) < 4.78 is 17.1. The highest BCUT2D eigenvalue weighted by Gasteiger charge is 2.22. The summed E-state index contributed by atoms with van der Waals surface area (Å²) in [4.78, 5) is 11.9. The summed E-state index contributed by atoms with van der Waals surface area (Å²) in [5.74, 6) is 1.41. The van der Waals surface area contributed by atoms with Crippen LogP contribution in [0.1, 0.15) is 11.3 Å². The number of rotatable bonds is 8. The van der Waals surface area contributed by atoms with Crippen LogP contribution >= 0.6 is 0 Å². The van der Waals surface area contributed by atoms with Crippen LogP contribution in [0.25, 0.3) is 5.69 Å². The van der Waals surface area contributed by atoms with E-state index in [0.29, 0.717) is 30.3 Å². The lowest BCUT2D eigenvalue weighted by atomic mass is 10.1. The summed E-state index contributed by atoms with van der Waals surface area (Å²) in [6, 6.07) is 15.4. The molecular weight excluding hydrogens is 334 g/mol. The van der Waals surface area contributed by atoms with Gasteiger partial charge in [-0.25, -0.2) is 4.79 Å². The van der Waals surface area contributed by atoms with E-state index in [4.69, 9.17) is 14.0 Å². The molecule has 7 nitrogen and oxygen atoms in total. The maximum Gasteiger partial charge on any atom is 0.431 e. The Hall–Kier alpha value is -3.06. The number of para-hydroxylation sites is 1. The van der Waals surface area contributed by atoms with E-state index in [2.05, 4.69) is 10.6 Å². The number of nitrogens with one attached hydrogen (secondary N) is 2. The second kappa shape index (κ2) is 8.35. The Morgan fingerprint density at radius 1 is 1.08 bits per heavy atom. The maximum atomic E-state index is 11.9. The highest BCUT2D eigenvalue weighted by Crippen LogP contribution is 2.27. The number of hydrogen-bond acceptors (Lipinski definition) is 5. The van der Waals surface area contributed by atoms with Gasteiger partial charge in [-0.1, -0.05) is 24.3 Å². The molecule has 0 amide bonds. The van der Waals surface area contributed by atoms with Crippen molar-refractivity contribution < 1.29 is 18.7 Å². The molecule has 0 radical (unpaired) electrons. The Labute approximate surface area is 151 Å². The van der Waals surface area contributed by atoms with Gasteiger partial charge in [0.25, 0.3) is 0 Å². The zero-order valence-corrected chi connectivity index (χ0v) is 14.8. The first-order valence-corrected chi connectivity index (χ1v) is 8.32. The fourth-order valence-electron chi connectivity index (χ4n) is 2.70. The predicted octanol–water partition coefficient (Wildman–Crippen LogP) is 1.59. The highest BCUT2D eigenvalue weighted by molar-refractivity contribution is 5.42. The third kappa shape index (κ3) is 3.94. The highest BCUT2D eigenvalue weighted by atomic mass is 16.5. The van der Waals surface area contributed by atoms with Gasteiger partial charge in [-0.15, -0.1) is 0 Å². The molecule has 0 aliphatic rings. The second-order valence-corrected chi connectivity index (χ2v) is 5.71. The molecule has 2 aromatic carbocycles. The number of nitrogens with zero attached hydrogens (tertiary/aromatic N) is 1. The van der Waals surface area contributed by atoms with E-state index in [1.165, 1.54) is 0 Å². The van der Waals surface area contributed by atoms with Crippen LogP contribution in [0.4, 0.5) is 0 Å². The van der Waals surface area contributed by atoms with Crippen molar-refractivity contribution >= 4 is 0 Å². The van der Waals surface area contributed by atoms with E-state index in [1.54, 1.807) is 18.9 Å². The molecule has 136 valence electrons. The molecule has 0 aliphatic carbocycles. The lowest BCUT2D eigenvalue weighted by Gasteiger charge is -2.09. The van der Waals surface area contributed by atoms with Crippen LogP contribution in [0.2, 0.25) is 0 Å². The van der Waals surface area contributed by atoms with Crippen LogP contribution in [0.3, 0.4) is 0 Å². The Balaban J connectivity index is 1.61. The number of hydrogen-bond donors (Lipinski definition) is 2. The van der Waals surface area contributed by atoms with Gasteiger partial charge in [0.1, 0.15) is 0 Å². The Morgan fingerprint density at radius 3 is 2.58 bits per heavy atom. The van der Waals surface area contributed by atoms with Crippen molar-refractivity contribution in [2.75, 3.05) is 20.8 Å². The Morgan fingerprint density at radius 2 is 1.85 bits per heavy atom. The monoisotopic (exact) mass is 356 g/mol. The normalized spacial score (nSPS) is 10.7. The summed E-state index contributed by atoms with van der Waals surface area (Å²) in [5, 5.41) is 5.92. The average molecular weight is 356 g/mol. The molecule has 1 aromatic heterocycles. The van der Waals surface area contributed by atoms with Gasteiger partial charge in [0.05, 0.1) is 20.8 Å². The smallest absolute Gasteiger partial charge is 0.431 e. The van der Waals surface area contributed by atoms with E-state index in [9.17, 15) is 4.79 Å². The maximum absolute atomic E-state index is 11.9. The fourth-order valence-corrected chi connectivity index (χ4v) is 2.70. The standard InChI is InChI=1S/C19H21N3O4/c1-24-17-9-8-14(12-18(17)25-2)10-11-20-13-16-19(23)26-21-22(16)15-6-4-3-5-7-15/h3-9,12,20H,10-11,13H2,1-2H3/p+1. The summed E-state index contributed by atoms with van der Waals surface area (Å²) in [5.41, 5.74) is 2.10. The van der Waals surface area contributed by atoms with Crippen molar-refractivity contribution in [3.05, 3.63) is 70.2 Å². The molecule has 7 heteroatoms. The third-order valence-corrected chi connectivity index (χ3v) is 4.08. The SMILES string of the molecule is COc1ccc(CCNCc2c(=O)o[nH][n+]2-c2ccccc2)cc1OC. The number of ether oxygens (including phenoxy) is 2. The molecule has 0 saturated heterocycles. The minimum Gasteiger partial charge on any atom is -0.493 e. The molecule has 3 rings (SSSR count). The number of methoxy groups -OCH3 is 2. The van der Waals surface area contributed by atoms with Gasteiger partial charge in [0.15, 0.2) is 11.5 Å². The largest absolute Gasteiger partial charge is 0.493 e. The van der Waals surface area contributed by atoms with Crippen LogP contribution < -0.4 is 25.1 Å². The Bertz CT molecular complexity index is 903. The zero-order valence-electron chi connectivity index (χ0n) is 14.8. The number of aromatic amines is 1. The van der Waals surface area contributed by atoms with E-state index < -0.39 is 0 Å². The first-order chi connectivity index (χ1) is 12.7. The molecule has 0 saturated carbocycles. The van der Waals surface area contributed by atoms with Crippen LogP contribution in [-0.2, 0) is 13.0 Å². The zero-order chi connectivity index (χ0) is 18.4. The fraction of sp³-hybridized carbons (Fsp3) is 0.263. The van der Waals surface area contributed by atoms with Gasteiger partial charge >= 0.3 is 11.3 Å². The van der Waals surface area contributed by atoms with Gasteiger partial charge in [-0.05, 0) is 40.6 Å². The summed E-state index contributed by atoms with van der Waals surface area (Å²) in [6.45, 7) is 1.10. The predicted molar refractivity (Wildman–Crippen MR) is 95.8 cm³/mol. The van der Waals surface area contributed by atoms with E-state index in [-0.39, 0.29) is 5.63 Å². The summed E-state index contributed by atoms with van der Waals surface area (Å²) in [6.07, 6.45) is 0.793. The van der Waals surface area contributed by atoms with Crippen molar-refractivity contribution in [2.24, 2.45) is 0 Å². The van der Waals surface area contributed by atoms with Crippen molar-refractivity contribution in [1.29, 1.82) is 0 Å². The number of benzene rings is 2. The lowest BCUT2D eigenvalue weighted by molar-refractivity contribution is -0.677.